The van der Waals surface area contributed by atoms with Gasteiger partial charge in [-0.25, -0.2) is 14.4 Å². The smallest absolute Gasteiger partial charge is 0.407 e. The first kappa shape index (κ1) is 30.7. The molecular weight excluding hydrogens is 518 g/mol. The Kier molecular flexibility index (Phi) is 12.0. The lowest BCUT2D eigenvalue weighted by atomic mass is 9.98. The quantitative estimate of drug-likeness (QED) is 0.236. The van der Waals surface area contributed by atoms with Gasteiger partial charge in [-0.15, -0.1) is 0 Å². The maximum atomic E-state index is 12.2. The van der Waals surface area contributed by atoms with E-state index in [1.807, 2.05) is 24.3 Å². The van der Waals surface area contributed by atoms with Gasteiger partial charge in [-0.05, 0) is 43.0 Å². The second-order valence-corrected chi connectivity index (χ2v) is 9.97. The lowest BCUT2D eigenvalue weighted by Gasteiger charge is -2.19. The molecule has 0 aromatic heterocycles. The Morgan fingerprint density at radius 2 is 1.15 bits per heavy atom. The molecule has 218 valence electrons. The maximum absolute atomic E-state index is 12.2. The van der Waals surface area contributed by atoms with E-state index < -0.39 is 23.9 Å². The highest BCUT2D eigenvalue weighted by atomic mass is 16.6. The summed E-state index contributed by atoms with van der Waals surface area (Å²) in [6.07, 6.45) is -1.65. The van der Waals surface area contributed by atoms with Crippen LogP contribution in [0, 0.1) is 0 Å². The fourth-order valence-corrected chi connectivity index (χ4v) is 4.08. The highest BCUT2D eigenvalue weighted by Crippen LogP contribution is 2.44. The highest BCUT2D eigenvalue weighted by molar-refractivity contribution is 5.79. The fourth-order valence-electron chi connectivity index (χ4n) is 4.08. The molecule has 1 aliphatic carbocycles. The molecule has 1 aliphatic rings. The lowest BCUT2D eigenvalue weighted by molar-refractivity contribution is 0.0262. The van der Waals surface area contributed by atoms with Crippen LogP contribution in [-0.2, 0) is 23.7 Å². The molecule has 11 nitrogen and oxygen atoms in total. The third-order valence-electron chi connectivity index (χ3n) is 5.75. The van der Waals surface area contributed by atoms with Crippen LogP contribution in [0.25, 0.3) is 11.1 Å². The van der Waals surface area contributed by atoms with Gasteiger partial charge in [0.05, 0.1) is 26.4 Å². The summed E-state index contributed by atoms with van der Waals surface area (Å²) in [5.74, 6) is -0.0128. The minimum Gasteiger partial charge on any atom is -0.449 e. The van der Waals surface area contributed by atoms with E-state index in [1.165, 1.54) is 11.1 Å². The Balaban J connectivity index is 1.16. The number of rotatable bonds is 14. The monoisotopic (exact) mass is 557 g/mol. The molecule has 0 radical (unpaired) electrons. The molecule has 3 amide bonds. The molecule has 0 fully saturated rings. The van der Waals surface area contributed by atoms with Gasteiger partial charge >= 0.3 is 18.3 Å². The van der Waals surface area contributed by atoms with Crippen molar-refractivity contribution in [2.45, 2.75) is 32.3 Å². The third-order valence-corrected chi connectivity index (χ3v) is 5.75. The Morgan fingerprint density at radius 3 is 1.75 bits per heavy atom. The summed E-state index contributed by atoms with van der Waals surface area (Å²) >= 11 is 0. The first-order valence-corrected chi connectivity index (χ1v) is 13.4. The van der Waals surface area contributed by atoms with Gasteiger partial charge in [0.15, 0.2) is 0 Å². The van der Waals surface area contributed by atoms with Crippen molar-refractivity contribution < 1.29 is 38.1 Å². The molecule has 0 atom stereocenters. The molecule has 0 unspecified atom stereocenters. The van der Waals surface area contributed by atoms with Gasteiger partial charge < -0.3 is 39.6 Å². The lowest BCUT2D eigenvalue weighted by Crippen LogP contribution is -2.36. The van der Waals surface area contributed by atoms with Gasteiger partial charge in [-0.1, -0.05) is 48.5 Å². The standard InChI is InChI=1S/C29H39N3O8/c1-29(2,3)40-28(35)32-14-15-36-16-17-37-18-19-38-26(33)30-12-13-31-27(34)39-20-25-23-10-6-4-8-21(23)22-9-5-7-11-24(22)25/h4-11,25H,12-20H2,1-3H3,(H,30,33)(H,31,34)(H,32,35). The molecule has 11 heteroatoms. The first-order valence-electron chi connectivity index (χ1n) is 13.4. The van der Waals surface area contributed by atoms with Crippen molar-refractivity contribution in [3.05, 3.63) is 59.7 Å². The van der Waals surface area contributed by atoms with E-state index in [9.17, 15) is 14.4 Å². The Morgan fingerprint density at radius 1 is 0.650 bits per heavy atom. The van der Waals surface area contributed by atoms with Crippen LogP contribution < -0.4 is 16.0 Å². The number of amides is 3. The number of alkyl carbamates (subject to hydrolysis) is 3. The second-order valence-electron chi connectivity index (χ2n) is 9.97. The van der Waals surface area contributed by atoms with E-state index in [-0.39, 0.29) is 38.8 Å². The van der Waals surface area contributed by atoms with Crippen LogP contribution in [0.2, 0.25) is 0 Å². The molecule has 40 heavy (non-hydrogen) atoms. The average molecular weight is 558 g/mol. The average Bonchev–Trinajstić information content (AvgIpc) is 3.23. The molecule has 2 aromatic carbocycles. The molecule has 0 spiro atoms. The van der Waals surface area contributed by atoms with E-state index >= 15 is 0 Å². The summed E-state index contributed by atoms with van der Waals surface area (Å²) in [5, 5.41) is 7.78. The van der Waals surface area contributed by atoms with Crippen LogP contribution in [-0.4, -0.2) is 83.2 Å². The van der Waals surface area contributed by atoms with Crippen LogP contribution in [0.4, 0.5) is 14.4 Å². The van der Waals surface area contributed by atoms with Crippen LogP contribution >= 0.6 is 0 Å². The number of nitrogens with one attached hydrogen (secondary N) is 3. The number of fused-ring (bicyclic) bond motifs is 3. The van der Waals surface area contributed by atoms with Gasteiger partial charge in [0.2, 0.25) is 0 Å². The minimum absolute atomic E-state index is 0.0128. The van der Waals surface area contributed by atoms with Crippen molar-refractivity contribution >= 4 is 18.3 Å². The maximum Gasteiger partial charge on any atom is 0.407 e. The fraction of sp³-hybridized carbons (Fsp3) is 0.483. The van der Waals surface area contributed by atoms with Crippen molar-refractivity contribution in [3.8, 4) is 11.1 Å². The van der Waals surface area contributed by atoms with E-state index in [2.05, 4.69) is 40.2 Å². The van der Waals surface area contributed by atoms with Crippen molar-refractivity contribution in [3.63, 3.8) is 0 Å². The van der Waals surface area contributed by atoms with Gasteiger partial charge in [0, 0.05) is 25.6 Å². The van der Waals surface area contributed by atoms with Crippen LogP contribution in [0.5, 0.6) is 0 Å². The van der Waals surface area contributed by atoms with E-state index in [0.717, 1.165) is 11.1 Å². The summed E-state index contributed by atoms with van der Waals surface area (Å²) in [4.78, 5) is 35.4. The van der Waals surface area contributed by atoms with Crippen molar-refractivity contribution in [1.29, 1.82) is 0 Å². The van der Waals surface area contributed by atoms with Crippen LogP contribution in [0.3, 0.4) is 0 Å². The highest BCUT2D eigenvalue weighted by Gasteiger charge is 2.28. The predicted octanol–water partition coefficient (Wildman–Crippen LogP) is 3.81. The van der Waals surface area contributed by atoms with E-state index in [0.29, 0.717) is 26.4 Å². The van der Waals surface area contributed by atoms with Gasteiger partial charge in [-0.3, -0.25) is 0 Å². The number of benzene rings is 2. The zero-order chi connectivity index (χ0) is 28.8. The molecule has 0 saturated carbocycles. The predicted molar refractivity (Wildman–Crippen MR) is 148 cm³/mol. The Hall–Kier alpha value is -3.83. The van der Waals surface area contributed by atoms with Crippen molar-refractivity contribution in [2.24, 2.45) is 0 Å². The zero-order valence-corrected chi connectivity index (χ0v) is 23.3. The third kappa shape index (κ3) is 10.4. The summed E-state index contributed by atoms with van der Waals surface area (Å²) in [6, 6.07) is 16.3. The van der Waals surface area contributed by atoms with E-state index in [1.54, 1.807) is 20.8 Å². The normalized spacial score (nSPS) is 12.2. The number of hydrogen-bond donors (Lipinski definition) is 3. The molecule has 0 saturated heterocycles. The summed E-state index contributed by atoms with van der Waals surface area (Å²) in [6.45, 7) is 7.59. The molecule has 3 N–H and O–H groups in total. The number of hydrogen-bond acceptors (Lipinski definition) is 8. The number of ether oxygens (including phenoxy) is 5. The number of carbonyl (C=O) groups is 3. The minimum atomic E-state index is -0.609. The first-order chi connectivity index (χ1) is 19.2. The molecule has 0 heterocycles. The Bertz CT molecular complexity index is 1070. The molecule has 0 aliphatic heterocycles. The second kappa shape index (κ2) is 15.7. The van der Waals surface area contributed by atoms with Crippen LogP contribution in [0.15, 0.2) is 48.5 Å². The molecular formula is C29H39N3O8. The number of carbonyl (C=O) groups excluding carboxylic acids is 3. The van der Waals surface area contributed by atoms with Crippen molar-refractivity contribution in [1.82, 2.24) is 16.0 Å². The SMILES string of the molecule is CC(C)(C)OC(=O)NCCOCCOCCOC(=O)NCCNC(=O)OCC1c2ccccc2-c2ccccc21. The topological polar surface area (TPSA) is 133 Å². The van der Waals surface area contributed by atoms with Crippen LogP contribution in [0.1, 0.15) is 37.8 Å². The van der Waals surface area contributed by atoms with Gasteiger partial charge in [0.1, 0.15) is 18.8 Å². The molecule has 2 aromatic rings. The Labute approximate surface area is 234 Å². The summed E-state index contributed by atoms with van der Waals surface area (Å²) in [7, 11) is 0. The van der Waals surface area contributed by atoms with Gasteiger partial charge in [-0.2, -0.15) is 0 Å². The van der Waals surface area contributed by atoms with Gasteiger partial charge in [0.25, 0.3) is 0 Å². The molecule has 3 rings (SSSR count). The zero-order valence-electron chi connectivity index (χ0n) is 23.3. The summed E-state index contributed by atoms with van der Waals surface area (Å²) in [5.41, 5.74) is 4.08. The summed E-state index contributed by atoms with van der Waals surface area (Å²) < 4.78 is 26.3. The van der Waals surface area contributed by atoms with E-state index in [4.69, 9.17) is 23.7 Å². The molecule has 0 bridgehead atoms. The van der Waals surface area contributed by atoms with Crippen molar-refractivity contribution in [2.75, 3.05) is 59.3 Å². The largest absolute Gasteiger partial charge is 0.449 e.